The fourth-order valence-electron chi connectivity index (χ4n) is 1.44. The molecule has 0 aromatic rings. The summed E-state index contributed by atoms with van der Waals surface area (Å²) < 4.78 is 0. The van der Waals surface area contributed by atoms with Crippen LogP contribution in [0.15, 0.2) is 0 Å². The first-order chi connectivity index (χ1) is 4.13. The van der Waals surface area contributed by atoms with Gasteiger partial charge in [-0.25, -0.2) is 0 Å². The minimum absolute atomic E-state index is 0.929. The minimum atomic E-state index is 0.929. The molecule has 0 aliphatic carbocycles. The molecule has 1 aliphatic heterocycles. The fourth-order valence-corrected chi connectivity index (χ4v) is 4.94. The Hall–Kier alpha value is 0.519. The third-order valence-corrected chi connectivity index (χ3v) is 6.34. The molecule has 1 fully saturated rings. The van der Waals surface area contributed by atoms with E-state index < -0.39 is 0 Å². The molecule has 1 rings (SSSR count). The molecule has 54 valence electrons. The van der Waals surface area contributed by atoms with Crippen LogP contribution >= 0.6 is 0 Å². The van der Waals surface area contributed by atoms with Crippen LogP contribution in [0.5, 0.6) is 0 Å². The van der Waals surface area contributed by atoms with E-state index in [9.17, 15) is 0 Å². The van der Waals surface area contributed by atoms with Gasteiger partial charge in [-0.15, -0.1) is 0 Å². The molecule has 1 heterocycles. The molecule has 1 saturated heterocycles. The maximum absolute atomic E-state index is 2.41. The van der Waals surface area contributed by atoms with Crippen LogP contribution in [-0.2, 0) is 0 Å². The van der Waals surface area contributed by atoms with Crippen molar-refractivity contribution in [3.8, 4) is 0 Å². The molecule has 0 radical (unpaired) electrons. The van der Waals surface area contributed by atoms with Crippen molar-refractivity contribution in [1.82, 2.24) is 0 Å². The van der Waals surface area contributed by atoms with Crippen molar-refractivity contribution in [2.24, 2.45) is 11.8 Å². The Balaban J connectivity index is 2.54. The van der Waals surface area contributed by atoms with E-state index in [1.807, 2.05) is 0 Å². The Morgan fingerprint density at radius 1 is 0.778 bits per heavy atom. The summed E-state index contributed by atoms with van der Waals surface area (Å²) in [5.41, 5.74) is 0. The first kappa shape index (κ1) is 7.62. The van der Waals surface area contributed by atoms with Crippen LogP contribution in [0.4, 0.5) is 0 Å². The number of hydrogen-bond donors (Lipinski definition) is 0. The van der Waals surface area contributed by atoms with Gasteiger partial charge in [0.25, 0.3) is 0 Å². The third kappa shape index (κ3) is 1.33. The van der Waals surface area contributed by atoms with Gasteiger partial charge >= 0.3 is 64.1 Å². The zero-order chi connectivity index (χ0) is 7.02. The van der Waals surface area contributed by atoms with E-state index in [1.165, 1.54) is 0 Å². The van der Waals surface area contributed by atoms with E-state index in [2.05, 4.69) is 27.7 Å². The molecule has 4 atom stereocenters. The van der Waals surface area contributed by atoms with Gasteiger partial charge in [-0.2, -0.15) is 0 Å². The molecule has 0 N–H and O–H groups in total. The molecule has 1 heteroatoms. The normalized spacial score (nSPS) is 52.0. The Labute approximate surface area is 64.6 Å². The summed E-state index contributed by atoms with van der Waals surface area (Å²) >= 11 is 0.929. The molecule has 0 saturated carbocycles. The van der Waals surface area contributed by atoms with Crippen molar-refractivity contribution in [2.75, 3.05) is 0 Å². The summed E-state index contributed by atoms with van der Waals surface area (Å²) in [5.74, 6) is 1.97. The van der Waals surface area contributed by atoms with Gasteiger partial charge in [0.05, 0.1) is 0 Å². The quantitative estimate of drug-likeness (QED) is 0.516. The van der Waals surface area contributed by atoms with Crippen LogP contribution in [-0.4, -0.2) is 15.0 Å². The van der Waals surface area contributed by atoms with Gasteiger partial charge in [-0.1, -0.05) is 0 Å². The first-order valence-corrected chi connectivity index (χ1v) is 5.76. The van der Waals surface area contributed by atoms with Crippen LogP contribution in [0.1, 0.15) is 27.7 Å². The van der Waals surface area contributed by atoms with Crippen LogP contribution in [0.2, 0.25) is 9.63 Å². The SMILES string of the molecule is CC1[Se]C(C)C(C)C1C. The van der Waals surface area contributed by atoms with E-state index in [1.54, 1.807) is 0 Å². The Bertz CT molecular complexity index is 88.7. The van der Waals surface area contributed by atoms with Gasteiger partial charge in [0.15, 0.2) is 0 Å². The van der Waals surface area contributed by atoms with E-state index in [0.29, 0.717) is 0 Å². The summed E-state index contributed by atoms with van der Waals surface area (Å²) in [7, 11) is 0. The molecular formula is C8H16Se. The second kappa shape index (κ2) is 2.64. The summed E-state index contributed by atoms with van der Waals surface area (Å²) in [6, 6.07) is 0. The predicted molar refractivity (Wildman–Crippen MR) is 42.9 cm³/mol. The van der Waals surface area contributed by atoms with Crippen LogP contribution in [0, 0.1) is 11.8 Å². The Morgan fingerprint density at radius 2 is 1.11 bits per heavy atom. The molecule has 1 aliphatic rings. The predicted octanol–water partition coefficient (Wildman–Crippen LogP) is 2.59. The zero-order valence-corrected chi connectivity index (χ0v) is 8.43. The van der Waals surface area contributed by atoms with Gasteiger partial charge in [0.2, 0.25) is 0 Å². The van der Waals surface area contributed by atoms with Crippen molar-refractivity contribution >= 4 is 15.0 Å². The van der Waals surface area contributed by atoms with E-state index in [-0.39, 0.29) is 0 Å². The van der Waals surface area contributed by atoms with Gasteiger partial charge in [-0.05, 0) is 0 Å². The van der Waals surface area contributed by atoms with E-state index >= 15 is 0 Å². The molecule has 0 spiro atoms. The van der Waals surface area contributed by atoms with Crippen molar-refractivity contribution in [3.63, 3.8) is 0 Å². The Morgan fingerprint density at radius 3 is 1.22 bits per heavy atom. The van der Waals surface area contributed by atoms with Crippen molar-refractivity contribution < 1.29 is 0 Å². The second-order valence-corrected chi connectivity index (χ2v) is 6.96. The van der Waals surface area contributed by atoms with Crippen LogP contribution in [0.25, 0.3) is 0 Å². The molecule has 0 aromatic carbocycles. The van der Waals surface area contributed by atoms with Crippen LogP contribution < -0.4 is 0 Å². The summed E-state index contributed by atoms with van der Waals surface area (Å²) in [6.07, 6.45) is 0. The average molecular weight is 191 g/mol. The van der Waals surface area contributed by atoms with Gasteiger partial charge in [-0.3, -0.25) is 0 Å². The molecule has 0 amide bonds. The monoisotopic (exact) mass is 192 g/mol. The van der Waals surface area contributed by atoms with Crippen LogP contribution in [0.3, 0.4) is 0 Å². The second-order valence-electron chi connectivity index (χ2n) is 3.26. The van der Waals surface area contributed by atoms with Crippen molar-refractivity contribution in [1.29, 1.82) is 0 Å². The van der Waals surface area contributed by atoms with Crippen molar-refractivity contribution in [2.45, 2.75) is 37.3 Å². The summed E-state index contributed by atoms with van der Waals surface area (Å²) in [5, 5.41) is 0. The molecule has 0 aromatic heterocycles. The molecule has 0 nitrogen and oxygen atoms in total. The van der Waals surface area contributed by atoms with Gasteiger partial charge in [0, 0.05) is 0 Å². The van der Waals surface area contributed by atoms with Gasteiger partial charge in [0.1, 0.15) is 0 Å². The zero-order valence-electron chi connectivity index (χ0n) is 6.72. The molecular weight excluding hydrogens is 175 g/mol. The third-order valence-electron chi connectivity index (χ3n) is 2.74. The number of rotatable bonds is 0. The first-order valence-electron chi connectivity index (χ1n) is 3.78. The summed E-state index contributed by atoms with van der Waals surface area (Å²) in [4.78, 5) is 2.06. The average Bonchev–Trinajstić information content (AvgIpc) is 1.98. The number of hydrogen-bond acceptors (Lipinski definition) is 0. The van der Waals surface area contributed by atoms with Crippen molar-refractivity contribution in [3.05, 3.63) is 0 Å². The molecule has 4 unspecified atom stereocenters. The van der Waals surface area contributed by atoms with E-state index in [0.717, 1.165) is 36.4 Å². The topological polar surface area (TPSA) is 0 Å². The fraction of sp³-hybridized carbons (Fsp3) is 1.00. The standard InChI is InChI=1S/C8H16Se/c1-5-6(2)8(4)9-7(5)3/h5-8H,1-4H3. The maximum atomic E-state index is 2.41. The molecule has 9 heavy (non-hydrogen) atoms. The van der Waals surface area contributed by atoms with E-state index in [4.69, 9.17) is 0 Å². The summed E-state index contributed by atoms with van der Waals surface area (Å²) in [6.45, 7) is 9.62. The van der Waals surface area contributed by atoms with Gasteiger partial charge < -0.3 is 0 Å². The molecule has 0 bridgehead atoms. The Kier molecular flexibility index (Phi) is 2.23.